The summed E-state index contributed by atoms with van der Waals surface area (Å²) in [4.78, 5) is 34.2. The first-order valence-corrected chi connectivity index (χ1v) is 8.33. The molecule has 26 heavy (non-hydrogen) atoms. The monoisotopic (exact) mass is 361 g/mol. The molecule has 1 aromatic heterocycles. The van der Waals surface area contributed by atoms with Gasteiger partial charge in [-0.2, -0.15) is 0 Å². The standard InChI is InChI=1S/C18H23N3O5/c1-21-10-11(12-5-2-3-7-15(12)21)9-14(18(25)26)20-17(24)13(19)6-4-8-16(22)23/h2-3,5,7,10,13-14H,4,6,8-9,19H2,1H3,(H,20,24)(H,22,23)(H,25,26)/t13-,14+/m0/s1. The van der Waals surface area contributed by atoms with Crippen molar-refractivity contribution in [3.63, 3.8) is 0 Å². The molecule has 2 aromatic rings. The van der Waals surface area contributed by atoms with Crippen molar-refractivity contribution in [3.05, 3.63) is 36.0 Å². The number of aryl methyl sites for hydroxylation is 1. The summed E-state index contributed by atoms with van der Waals surface area (Å²) in [5.74, 6) is -2.70. The van der Waals surface area contributed by atoms with Gasteiger partial charge in [-0.3, -0.25) is 9.59 Å². The molecule has 0 aliphatic heterocycles. The molecule has 0 unspecified atom stereocenters. The van der Waals surface area contributed by atoms with E-state index >= 15 is 0 Å². The average molecular weight is 361 g/mol. The number of hydrogen-bond donors (Lipinski definition) is 4. The minimum absolute atomic E-state index is 0.0840. The quantitative estimate of drug-likeness (QED) is 0.523. The number of rotatable bonds is 9. The lowest BCUT2D eigenvalue weighted by atomic mass is 10.0. The second-order valence-corrected chi connectivity index (χ2v) is 6.28. The minimum atomic E-state index is -1.15. The van der Waals surface area contributed by atoms with Crippen molar-refractivity contribution < 1.29 is 24.6 Å². The largest absolute Gasteiger partial charge is 0.481 e. The predicted molar refractivity (Wildman–Crippen MR) is 95.7 cm³/mol. The summed E-state index contributed by atoms with van der Waals surface area (Å²) in [6.07, 6.45) is 2.33. The zero-order chi connectivity index (χ0) is 19.3. The third-order valence-electron chi connectivity index (χ3n) is 4.26. The van der Waals surface area contributed by atoms with E-state index in [4.69, 9.17) is 10.8 Å². The van der Waals surface area contributed by atoms with Crippen LogP contribution in [0.15, 0.2) is 30.5 Å². The Balaban J connectivity index is 2.05. The lowest BCUT2D eigenvalue weighted by Crippen LogP contribution is -2.49. The fourth-order valence-electron chi connectivity index (χ4n) is 2.89. The van der Waals surface area contributed by atoms with Gasteiger partial charge in [0.05, 0.1) is 6.04 Å². The van der Waals surface area contributed by atoms with Crippen LogP contribution in [-0.2, 0) is 27.9 Å². The summed E-state index contributed by atoms with van der Waals surface area (Å²) in [7, 11) is 1.87. The van der Waals surface area contributed by atoms with Gasteiger partial charge in [-0.25, -0.2) is 4.79 Å². The number of amides is 1. The Kier molecular flexibility index (Phi) is 6.35. The number of carbonyl (C=O) groups excluding carboxylic acids is 1. The summed E-state index contributed by atoms with van der Waals surface area (Å²) >= 11 is 0. The van der Waals surface area contributed by atoms with Crippen molar-refractivity contribution in [3.8, 4) is 0 Å². The number of carbonyl (C=O) groups is 3. The summed E-state index contributed by atoms with van der Waals surface area (Å²) < 4.78 is 1.91. The van der Waals surface area contributed by atoms with E-state index in [9.17, 15) is 19.5 Å². The molecule has 8 nitrogen and oxygen atoms in total. The number of para-hydroxylation sites is 1. The molecule has 140 valence electrons. The number of nitrogens with two attached hydrogens (primary N) is 1. The normalized spacial score (nSPS) is 13.3. The first-order chi connectivity index (χ1) is 12.3. The first-order valence-electron chi connectivity index (χ1n) is 8.33. The molecule has 0 aliphatic carbocycles. The molecular weight excluding hydrogens is 338 g/mol. The molecule has 2 atom stereocenters. The molecule has 2 rings (SSSR count). The van der Waals surface area contributed by atoms with Gasteiger partial charge < -0.3 is 25.8 Å². The van der Waals surface area contributed by atoms with Crippen LogP contribution in [0, 0.1) is 0 Å². The Labute approximate surface area is 150 Å². The summed E-state index contributed by atoms with van der Waals surface area (Å²) in [5.41, 5.74) is 7.53. The Morgan fingerprint density at radius 2 is 1.92 bits per heavy atom. The number of nitrogens with one attached hydrogen (secondary N) is 1. The molecule has 1 aromatic carbocycles. The summed E-state index contributed by atoms with van der Waals surface area (Å²) in [6, 6.07) is 5.56. The average Bonchev–Trinajstić information content (AvgIpc) is 2.90. The van der Waals surface area contributed by atoms with Gasteiger partial charge in [0.2, 0.25) is 5.91 Å². The molecule has 1 heterocycles. The van der Waals surface area contributed by atoms with Gasteiger partial charge >= 0.3 is 11.9 Å². The number of aromatic nitrogens is 1. The Hall–Kier alpha value is -2.87. The van der Waals surface area contributed by atoms with Crippen LogP contribution in [0.25, 0.3) is 10.9 Å². The predicted octanol–water partition coefficient (Wildman–Crippen LogP) is 0.872. The number of benzene rings is 1. The Morgan fingerprint density at radius 1 is 1.23 bits per heavy atom. The molecule has 0 radical (unpaired) electrons. The fraction of sp³-hybridized carbons (Fsp3) is 0.389. The van der Waals surface area contributed by atoms with Crippen molar-refractivity contribution in [2.45, 2.75) is 37.8 Å². The molecule has 0 spiro atoms. The number of carboxylic acids is 2. The number of hydrogen-bond acceptors (Lipinski definition) is 4. The maximum absolute atomic E-state index is 12.1. The van der Waals surface area contributed by atoms with E-state index in [1.54, 1.807) is 0 Å². The Morgan fingerprint density at radius 3 is 2.58 bits per heavy atom. The Bertz CT molecular complexity index is 814. The number of nitrogens with zero attached hydrogens (tertiary/aromatic N) is 1. The number of fused-ring (bicyclic) bond motifs is 1. The smallest absolute Gasteiger partial charge is 0.326 e. The van der Waals surface area contributed by atoms with Crippen LogP contribution in [0.2, 0.25) is 0 Å². The van der Waals surface area contributed by atoms with Crippen molar-refractivity contribution in [1.29, 1.82) is 0 Å². The second-order valence-electron chi connectivity index (χ2n) is 6.28. The molecule has 0 saturated carbocycles. The lowest BCUT2D eigenvalue weighted by Gasteiger charge is -2.17. The molecule has 5 N–H and O–H groups in total. The molecule has 0 bridgehead atoms. The second kappa shape index (κ2) is 8.48. The number of aliphatic carboxylic acids is 2. The maximum Gasteiger partial charge on any atom is 0.326 e. The van der Waals surface area contributed by atoms with E-state index in [0.717, 1.165) is 16.5 Å². The van der Waals surface area contributed by atoms with Gasteiger partial charge in [0.15, 0.2) is 0 Å². The van der Waals surface area contributed by atoms with Crippen LogP contribution in [0.5, 0.6) is 0 Å². The van der Waals surface area contributed by atoms with E-state index in [1.165, 1.54) is 0 Å². The van der Waals surface area contributed by atoms with E-state index in [0.29, 0.717) is 0 Å². The molecule has 0 fully saturated rings. The van der Waals surface area contributed by atoms with Crippen molar-refractivity contribution in [2.24, 2.45) is 12.8 Å². The zero-order valence-electron chi connectivity index (χ0n) is 14.5. The van der Waals surface area contributed by atoms with E-state index < -0.39 is 29.9 Å². The molecule has 8 heteroatoms. The van der Waals surface area contributed by atoms with Crippen LogP contribution in [0.4, 0.5) is 0 Å². The highest BCUT2D eigenvalue weighted by Gasteiger charge is 2.24. The van der Waals surface area contributed by atoms with E-state index in [1.807, 2.05) is 42.1 Å². The SMILES string of the molecule is Cn1cc(C[C@@H](NC(=O)[C@@H](N)CCCC(=O)O)C(=O)O)c2ccccc21. The third-order valence-corrected chi connectivity index (χ3v) is 4.26. The highest BCUT2D eigenvalue weighted by molar-refractivity contribution is 5.88. The first kappa shape index (κ1) is 19.5. The highest BCUT2D eigenvalue weighted by atomic mass is 16.4. The van der Waals surface area contributed by atoms with Crippen LogP contribution >= 0.6 is 0 Å². The lowest BCUT2D eigenvalue weighted by molar-refractivity contribution is -0.142. The van der Waals surface area contributed by atoms with Crippen LogP contribution < -0.4 is 11.1 Å². The van der Waals surface area contributed by atoms with Gasteiger partial charge in [-0.1, -0.05) is 18.2 Å². The summed E-state index contributed by atoms with van der Waals surface area (Å²) in [5, 5.41) is 21.5. The topological polar surface area (TPSA) is 135 Å². The van der Waals surface area contributed by atoms with Gasteiger partial charge in [0, 0.05) is 37.0 Å². The van der Waals surface area contributed by atoms with Crippen LogP contribution in [0.1, 0.15) is 24.8 Å². The van der Waals surface area contributed by atoms with Gasteiger partial charge in [-0.15, -0.1) is 0 Å². The highest BCUT2D eigenvalue weighted by Crippen LogP contribution is 2.21. The molecular formula is C18H23N3O5. The fourth-order valence-corrected chi connectivity index (χ4v) is 2.89. The van der Waals surface area contributed by atoms with Gasteiger partial charge in [-0.05, 0) is 24.5 Å². The zero-order valence-corrected chi connectivity index (χ0v) is 14.5. The van der Waals surface area contributed by atoms with E-state index in [2.05, 4.69) is 5.32 Å². The summed E-state index contributed by atoms with van der Waals surface area (Å²) in [6.45, 7) is 0. The minimum Gasteiger partial charge on any atom is -0.481 e. The van der Waals surface area contributed by atoms with Gasteiger partial charge in [0.25, 0.3) is 0 Å². The van der Waals surface area contributed by atoms with Gasteiger partial charge in [0.1, 0.15) is 6.04 Å². The van der Waals surface area contributed by atoms with Crippen molar-refractivity contribution in [1.82, 2.24) is 9.88 Å². The molecule has 0 saturated heterocycles. The van der Waals surface area contributed by atoms with Crippen molar-refractivity contribution in [2.75, 3.05) is 0 Å². The maximum atomic E-state index is 12.1. The van der Waals surface area contributed by atoms with Crippen molar-refractivity contribution >= 4 is 28.7 Å². The van der Waals surface area contributed by atoms with Crippen LogP contribution in [-0.4, -0.2) is 44.7 Å². The number of carboxylic acid groups (broad SMARTS) is 2. The third kappa shape index (κ3) is 4.82. The van der Waals surface area contributed by atoms with E-state index in [-0.39, 0.29) is 25.7 Å². The molecule has 1 amide bonds. The molecule has 0 aliphatic rings. The van der Waals surface area contributed by atoms with Crippen LogP contribution in [0.3, 0.4) is 0 Å².